The Bertz CT molecular complexity index is 598. The van der Waals surface area contributed by atoms with Crippen LogP contribution in [0, 0.1) is 6.92 Å². The van der Waals surface area contributed by atoms with E-state index in [1.165, 1.54) is 11.8 Å². The average Bonchev–Trinajstić information content (AvgIpc) is 2.92. The van der Waals surface area contributed by atoms with Crippen LogP contribution in [0.4, 0.5) is 5.82 Å². The Hall–Kier alpha value is -2.15. The number of aryl methyl sites for hydroxylation is 1. The van der Waals surface area contributed by atoms with Gasteiger partial charge in [-0.2, -0.15) is 0 Å². The molecule has 2 rings (SSSR count). The summed E-state index contributed by atoms with van der Waals surface area (Å²) in [6.45, 7) is 2.31. The highest BCUT2D eigenvalue weighted by Gasteiger charge is 2.06. The second kappa shape index (κ2) is 8.33. The summed E-state index contributed by atoms with van der Waals surface area (Å²) in [5.41, 5.74) is 0. The molecule has 2 aromatic rings. The van der Waals surface area contributed by atoms with Crippen molar-refractivity contribution in [3.05, 3.63) is 36.1 Å². The van der Waals surface area contributed by atoms with Crippen LogP contribution < -0.4 is 14.8 Å². The van der Waals surface area contributed by atoms with Crippen LogP contribution in [0.5, 0.6) is 11.5 Å². The van der Waals surface area contributed by atoms with Crippen LogP contribution in [0.1, 0.15) is 5.76 Å². The molecule has 118 valence electrons. The maximum Gasteiger partial charge on any atom is 0.235 e. The van der Waals surface area contributed by atoms with Crippen molar-refractivity contribution in [1.82, 2.24) is 5.16 Å². The predicted molar refractivity (Wildman–Crippen MR) is 85.7 cm³/mol. The summed E-state index contributed by atoms with van der Waals surface area (Å²) in [6.07, 6.45) is 0. The van der Waals surface area contributed by atoms with Gasteiger partial charge in [-0.25, -0.2) is 0 Å². The molecule has 22 heavy (non-hydrogen) atoms. The van der Waals surface area contributed by atoms with Gasteiger partial charge in [-0.05, 0) is 31.2 Å². The van der Waals surface area contributed by atoms with E-state index in [4.69, 9.17) is 14.0 Å². The number of nitrogens with one attached hydrogen (secondary N) is 1. The molecule has 1 aromatic heterocycles. The van der Waals surface area contributed by atoms with Gasteiger partial charge in [0.2, 0.25) is 5.91 Å². The normalized spacial score (nSPS) is 10.3. The lowest BCUT2D eigenvalue weighted by atomic mass is 10.3. The van der Waals surface area contributed by atoms with Gasteiger partial charge in [-0.3, -0.25) is 4.79 Å². The summed E-state index contributed by atoms with van der Waals surface area (Å²) in [5, 5.41) is 6.37. The Kier molecular flexibility index (Phi) is 6.14. The molecular formula is C15H18N2O4S. The lowest BCUT2D eigenvalue weighted by Gasteiger charge is -2.06. The smallest absolute Gasteiger partial charge is 0.235 e. The van der Waals surface area contributed by atoms with Crippen molar-refractivity contribution in [3.63, 3.8) is 0 Å². The first-order chi connectivity index (χ1) is 10.7. The number of rotatable bonds is 8. The molecule has 0 radical (unpaired) electrons. The van der Waals surface area contributed by atoms with Crippen molar-refractivity contribution in [2.75, 3.05) is 30.5 Å². The fourth-order valence-electron chi connectivity index (χ4n) is 1.66. The van der Waals surface area contributed by atoms with E-state index in [0.29, 0.717) is 23.9 Å². The number of thioether (sulfide) groups is 1. The van der Waals surface area contributed by atoms with Crippen LogP contribution >= 0.6 is 11.8 Å². The number of benzene rings is 1. The molecule has 0 unspecified atom stereocenters. The van der Waals surface area contributed by atoms with E-state index >= 15 is 0 Å². The minimum Gasteiger partial charge on any atom is -0.497 e. The average molecular weight is 322 g/mol. The highest BCUT2D eigenvalue weighted by molar-refractivity contribution is 7.99. The Balaban J connectivity index is 1.59. The number of hydrogen-bond donors (Lipinski definition) is 1. The zero-order chi connectivity index (χ0) is 15.8. The quantitative estimate of drug-likeness (QED) is 0.753. The first-order valence-corrected chi connectivity index (χ1v) is 7.90. The zero-order valence-corrected chi connectivity index (χ0v) is 13.3. The first-order valence-electron chi connectivity index (χ1n) is 6.75. The molecule has 0 aliphatic heterocycles. The Labute approximate surface area is 133 Å². The van der Waals surface area contributed by atoms with E-state index in [1.54, 1.807) is 20.1 Å². The molecule has 0 aliphatic rings. The zero-order valence-electron chi connectivity index (χ0n) is 12.5. The third kappa shape index (κ3) is 5.33. The number of carbonyl (C=O) groups excluding carboxylic acids is 1. The van der Waals surface area contributed by atoms with E-state index < -0.39 is 0 Å². The maximum absolute atomic E-state index is 11.7. The van der Waals surface area contributed by atoms with Crippen molar-refractivity contribution in [1.29, 1.82) is 0 Å². The van der Waals surface area contributed by atoms with Gasteiger partial charge in [0.15, 0.2) is 5.82 Å². The molecule has 0 atom stereocenters. The van der Waals surface area contributed by atoms with Crippen LogP contribution in [0.25, 0.3) is 0 Å². The maximum atomic E-state index is 11.7. The van der Waals surface area contributed by atoms with Gasteiger partial charge >= 0.3 is 0 Å². The third-order valence-corrected chi connectivity index (χ3v) is 3.61. The fraction of sp³-hybridized carbons (Fsp3) is 0.333. The Morgan fingerprint density at radius 2 is 2.05 bits per heavy atom. The molecule has 0 fully saturated rings. The van der Waals surface area contributed by atoms with Crippen LogP contribution in [-0.2, 0) is 4.79 Å². The van der Waals surface area contributed by atoms with Gasteiger partial charge < -0.3 is 19.3 Å². The molecule has 1 aromatic carbocycles. The molecule has 7 heteroatoms. The van der Waals surface area contributed by atoms with Gasteiger partial charge in [-0.1, -0.05) is 5.16 Å². The van der Waals surface area contributed by atoms with E-state index in [2.05, 4.69) is 10.5 Å². The van der Waals surface area contributed by atoms with E-state index in [-0.39, 0.29) is 5.91 Å². The SMILES string of the molecule is COc1ccc(OCCSCC(=O)Nc2cc(C)on2)cc1. The molecule has 0 saturated carbocycles. The summed E-state index contributed by atoms with van der Waals surface area (Å²) in [6, 6.07) is 9.06. The lowest BCUT2D eigenvalue weighted by molar-refractivity contribution is -0.113. The summed E-state index contributed by atoms with van der Waals surface area (Å²) >= 11 is 1.49. The molecular weight excluding hydrogens is 304 g/mol. The largest absolute Gasteiger partial charge is 0.497 e. The predicted octanol–water partition coefficient (Wildman–Crippen LogP) is 2.74. The van der Waals surface area contributed by atoms with Crippen LogP contribution in [0.15, 0.2) is 34.9 Å². The van der Waals surface area contributed by atoms with E-state index in [1.807, 2.05) is 24.3 Å². The summed E-state index contributed by atoms with van der Waals surface area (Å²) < 4.78 is 15.5. The first kappa shape index (κ1) is 16.2. The number of amides is 1. The van der Waals surface area contributed by atoms with Crippen LogP contribution in [0.2, 0.25) is 0 Å². The summed E-state index contributed by atoms with van der Waals surface area (Å²) in [5.74, 6) is 3.64. The number of carbonyl (C=O) groups is 1. The van der Waals surface area contributed by atoms with Crippen LogP contribution in [-0.4, -0.2) is 36.3 Å². The second-order valence-corrected chi connectivity index (χ2v) is 5.55. The minimum absolute atomic E-state index is 0.109. The second-order valence-electron chi connectivity index (χ2n) is 4.45. The Morgan fingerprint density at radius 1 is 1.32 bits per heavy atom. The molecule has 6 nitrogen and oxygen atoms in total. The summed E-state index contributed by atoms with van der Waals surface area (Å²) in [7, 11) is 1.62. The molecule has 1 amide bonds. The number of nitrogens with zero attached hydrogens (tertiary/aromatic N) is 1. The number of anilines is 1. The molecule has 0 bridgehead atoms. The number of ether oxygens (including phenoxy) is 2. The molecule has 0 spiro atoms. The van der Waals surface area contributed by atoms with Crippen molar-refractivity contribution in [2.45, 2.75) is 6.92 Å². The topological polar surface area (TPSA) is 73.6 Å². The van der Waals surface area contributed by atoms with Gasteiger partial charge in [0, 0.05) is 11.8 Å². The van der Waals surface area contributed by atoms with E-state index in [9.17, 15) is 4.79 Å². The van der Waals surface area contributed by atoms with Crippen molar-refractivity contribution in [2.24, 2.45) is 0 Å². The van der Waals surface area contributed by atoms with Gasteiger partial charge in [0.25, 0.3) is 0 Å². The number of aromatic nitrogens is 1. The van der Waals surface area contributed by atoms with Gasteiger partial charge in [-0.15, -0.1) is 11.8 Å². The number of methoxy groups -OCH3 is 1. The molecule has 0 saturated heterocycles. The molecule has 0 aliphatic carbocycles. The number of hydrogen-bond acceptors (Lipinski definition) is 6. The highest BCUT2D eigenvalue weighted by Crippen LogP contribution is 2.17. The lowest BCUT2D eigenvalue weighted by Crippen LogP contribution is -2.15. The molecule has 1 N–H and O–H groups in total. The minimum atomic E-state index is -0.109. The Morgan fingerprint density at radius 3 is 2.68 bits per heavy atom. The summed E-state index contributed by atoms with van der Waals surface area (Å²) in [4.78, 5) is 11.7. The van der Waals surface area contributed by atoms with Crippen molar-refractivity contribution in [3.8, 4) is 11.5 Å². The van der Waals surface area contributed by atoms with Gasteiger partial charge in [0.05, 0.1) is 19.5 Å². The molecule has 1 heterocycles. The highest BCUT2D eigenvalue weighted by atomic mass is 32.2. The van der Waals surface area contributed by atoms with E-state index in [0.717, 1.165) is 17.3 Å². The standard InChI is InChI=1S/C15H18N2O4S/c1-11-9-14(17-21-11)16-15(18)10-22-8-7-20-13-5-3-12(19-2)4-6-13/h3-6,9H,7-8,10H2,1-2H3,(H,16,17,18). The van der Waals surface area contributed by atoms with Crippen molar-refractivity contribution < 1.29 is 18.8 Å². The third-order valence-electron chi connectivity index (χ3n) is 2.68. The van der Waals surface area contributed by atoms with Crippen molar-refractivity contribution >= 4 is 23.5 Å². The van der Waals surface area contributed by atoms with Crippen LogP contribution in [0.3, 0.4) is 0 Å². The van der Waals surface area contributed by atoms with Gasteiger partial charge in [0.1, 0.15) is 17.3 Å². The fourth-order valence-corrected chi connectivity index (χ4v) is 2.26. The monoisotopic (exact) mass is 322 g/mol.